The Bertz CT molecular complexity index is 1020. The van der Waals surface area contributed by atoms with Crippen LogP contribution in [0.3, 0.4) is 0 Å². The third-order valence-corrected chi connectivity index (χ3v) is 5.74. The van der Waals surface area contributed by atoms with E-state index in [0.717, 1.165) is 6.07 Å². The van der Waals surface area contributed by atoms with Crippen LogP contribution in [-0.4, -0.2) is 35.9 Å². The number of amides is 2. The number of rotatable bonds is 4. The molecule has 2 aromatic rings. The summed E-state index contributed by atoms with van der Waals surface area (Å²) in [5, 5.41) is 12.6. The van der Waals surface area contributed by atoms with Crippen LogP contribution in [0.1, 0.15) is 42.1 Å². The Hall–Kier alpha value is -2.85. The molecule has 2 unspecified atom stereocenters. The largest absolute Gasteiger partial charge is 0.530 e. The molecule has 168 valence electrons. The van der Waals surface area contributed by atoms with Crippen LogP contribution in [0.2, 0.25) is 0 Å². The Morgan fingerprint density at radius 2 is 1.87 bits per heavy atom. The second-order valence-corrected chi connectivity index (χ2v) is 7.97. The summed E-state index contributed by atoms with van der Waals surface area (Å²) in [6.45, 7) is -0.495. The molecule has 1 aliphatic carbocycles. The van der Waals surface area contributed by atoms with Crippen molar-refractivity contribution >= 4 is 23.0 Å². The zero-order valence-corrected chi connectivity index (χ0v) is 16.1. The second kappa shape index (κ2) is 7.38. The van der Waals surface area contributed by atoms with Gasteiger partial charge in [0.1, 0.15) is 17.4 Å². The minimum absolute atomic E-state index is 0.0143. The van der Waals surface area contributed by atoms with Crippen LogP contribution in [0.25, 0.3) is 11.0 Å². The first-order chi connectivity index (χ1) is 14.4. The van der Waals surface area contributed by atoms with Crippen molar-refractivity contribution in [3.8, 4) is 0 Å². The average Bonchev–Trinajstić information content (AvgIpc) is 3.36. The molecule has 6 nitrogen and oxygen atoms in total. The number of nitrogens with one attached hydrogen (secondary N) is 1. The van der Waals surface area contributed by atoms with E-state index < -0.39 is 54.0 Å². The van der Waals surface area contributed by atoms with Crippen molar-refractivity contribution in [3.05, 3.63) is 35.1 Å². The number of benzene rings is 1. The van der Waals surface area contributed by atoms with Gasteiger partial charge in [-0.1, -0.05) is 0 Å². The molecular weight excluding hydrogens is 427 g/mol. The van der Waals surface area contributed by atoms with Crippen molar-refractivity contribution in [1.82, 2.24) is 10.2 Å². The Labute approximate surface area is 173 Å². The predicted molar refractivity (Wildman–Crippen MR) is 95.1 cm³/mol. The minimum Gasteiger partial charge on any atom is -0.530 e. The van der Waals surface area contributed by atoms with Gasteiger partial charge in [-0.3, -0.25) is 4.79 Å². The molecule has 2 heterocycles. The fourth-order valence-corrected chi connectivity index (χ4v) is 4.03. The van der Waals surface area contributed by atoms with Gasteiger partial charge in [-0.25, -0.2) is 8.78 Å². The number of piperidine rings is 1. The average molecular weight is 445 g/mol. The summed E-state index contributed by atoms with van der Waals surface area (Å²) in [6, 6.07) is 3.72. The van der Waals surface area contributed by atoms with Gasteiger partial charge in [0.05, 0.1) is 12.1 Å². The van der Waals surface area contributed by atoms with E-state index in [0.29, 0.717) is 12.0 Å². The van der Waals surface area contributed by atoms with Crippen molar-refractivity contribution in [1.29, 1.82) is 0 Å². The topological polar surface area (TPSA) is 85.6 Å². The quantitative estimate of drug-likeness (QED) is 0.733. The Balaban J connectivity index is 1.57. The zero-order valence-electron chi connectivity index (χ0n) is 16.1. The number of likely N-dealkylation sites (tertiary alicyclic amines) is 1. The molecule has 2 fully saturated rings. The molecule has 0 radical (unpaired) electrons. The van der Waals surface area contributed by atoms with Gasteiger partial charge in [-0.05, 0) is 36.1 Å². The van der Waals surface area contributed by atoms with Crippen LogP contribution in [0.5, 0.6) is 0 Å². The van der Waals surface area contributed by atoms with Crippen LogP contribution < -0.4 is 10.4 Å². The van der Waals surface area contributed by atoms with Crippen molar-refractivity contribution in [2.24, 2.45) is 5.92 Å². The van der Waals surface area contributed by atoms with Gasteiger partial charge < -0.3 is 24.5 Å². The smallest absolute Gasteiger partial charge is 0.420 e. The molecule has 1 aromatic carbocycles. The molecule has 1 saturated heterocycles. The number of alkyl halides is 5. The lowest BCUT2D eigenvalue weighted by molar-refractivity contribution is -0.251. The highest BCUT2D eigenvalue weighted by atomic mass is 19.4. The Morgan fingerprint density at radius 3 is 2.48 bits per heavy atom. The van der Waals surface area contributed by atoms with Crippen molar-refractivity contribution in [3.63, 3.8) is 0 Å². The summed E-state index contributed by atoms with van der Waals surface area (Å²) in [6.07, 6.45) is -6.81. The summed E-state index contributed by atoms with van der Waals surface area (Å²) in [4.78, 5) is 24.5. The third-order valence-electron chi connectivity index (χ3n) is 5.74. The first-order valence-corrected chi connectivity index (χ1v) is 9.70. The van der Waals surface area contributed by atoms with Crippen LogP contribution in [-0.2, 0) is 17.5 Å². The van der Waals surface area contributed by atoms with E-state index in [1.54, 1.807) is 0 Å². The van der Waals surface area contributed by atoms with Crippen LogP contribution in [0.15, 0.2) is 22.6 Å². The van der Waals surface area contributed by atoms with Crippen LogP contribution in [0.4, 0.5) is 26.7 Å². The normalized spacial score (nSPS) is 23.1. The molecule has 2 aliphatic rings. The highest BCUT2D eigenvalue weighted by Crippen LogP contribution is 2.51. The number of hydrogen-bond donors (Lipinski definition) is 1. The number of carbonyl (C=O) groups is 2. The first kappa shape index (κ1) is 21.4. The van der Waals surface area contributed by atoms with Crippen molar-refractivity contribution in [2.75, 3.05) is 13.1 Å². The molecule has 0 bridgehead atoms. The van der Waals surface area contributed by atoms with Crippen molar-refractivity contribution in [2.45, 2.75) is 43.8 Å². The standard InChI is InChI=1S/C20H19F5N2O4/c21-19(22)1-3-27(4-2-19)17(28)14-8-13(14)10-5-11-6-12(9-26-18(29)30)31-16(11)15(7-10)20(23,24)25/h5-7,13-14,26H,1-4,8-9H2,(H,29,30)/p-1. The number of halogens is 5. The monoisotopic (exact) mass is 445 g/mol. The van der Waals surface area contributed by atoms with Gasteiger partial charge in [0, 0.05) is 37.2 Å². The van der Waals surface area contributed by atoms with Gasteiger partial charge in [0.25, 0.3) is 5.92 Å². The molecule has 2 atom stereocenters. The van der Waals surface area contributed by atoms with Gasteiger partial charge in [-0.15, -0.1) is 0 Å². The highest BCUT2D eigenvalue weighted by Gasteiger charge is 2.48. The summed E-state index contributed by atoms with van der Waals surface area (Å²) in [5.74, 6) is -4.12. The van der Waals surface area contributed by atoms with E-state index in [4.69, 9.17) is 4.42 Å². The number of nitrogens with zero attached hydrogens (tertiary/aromatic N) is 1. The lowest BCUT2D eigenvalue weighted by Gasteiger charge is -2.32. The number of hydrogen-bond acceptors (Lipinski definition) is 4. The number of furan rings is 1. The zero-order chi connectivity index (χ0) is 22.6. The SMILES string of the molecule is O=C([O-])NCc1cc2cc(C3CC3C(=O)N3CCC(F)(F)CC3)cc(C(F)(F)F)c2o1. The summed E-state index contributed by atoms with van der Waals surface area (Å²) in [5.41, 5.74) is -1.13. The van der Waals surface area contributed by atoms with Crippen molar-refractivity contribution < 1.29 is 41.1 Å². The maximum absolute atomic E-state index is 13.6. The van der Waals surface area contributed by atoms with Crippen LogP contribution in [0, 0.1) is 5.92 Å². The molecule has 1 N–H and O–H groups in total. The molecular formula is C20H18F5N2O4-. The van der Waals surface area contributed by atoms with Gasteiger partial charge in [0.15, 0.2) is 0 Å². The maximum Gasteiger partial charge on any atom is 0.420 e. The van der Waals surface area contributed by atoms with Crippen LogP contribution >= 0.6 is 0 Å². The summed E-state index contributed by atoms with van der Waals surface area (Å²) in [7, 11) is 0. The molecule has 4 rings (SSSR count). The number of carboxylic acid groups (broad SMARTS) is 1. The Kier molecular flexibility index (Phi) is 5.09. The lowest BCUT2D eigenvalue weighted by atomic mass is 10.0. The van der Waals surface area contributed by atoms with Gasteiger partial charge in [-0.2, -0.15) is 13.2 Å². The third kappa shape index (κ3) is 4.45. The van der Waals surface area contributed by atoms with E-state index in [1.807, 2.05) is 5.32 Å². The number of fused-ring (bicyclic) bond motifs is 1. The molecule has 1 aliphatic heterocycles. The molecule has 2 amide bonds. The fourth-order valence-electron chi connectivity index (χ4n) is 4.03. The molecule has 1 saturated carbocycles. The summed E-state index contributed by atoms with van der Waals surface area (Å²) >= 11 is 0. The fraction of sp³-hybridized carbons (Fsp3) is 0.500. The highest BCUT2D eigenvalue weighted by molar-refractivity contribution is 5.86. The summed E-state index contributed by atoms with van der Waals surface area (Å²) < 4.78 is 72.6. The maximum atomic E-state index is 13.6. The van der Waals surface area contributed by atoms with Gasteiger partial charge >= 0.3 is 6.18 Å². The van der Waals surface area contributed by atoms with E-state index in [-0.39, 0.29) is 36.7 Å². The van der Waals surface area contributed by atoms with Gasteiger partial charge in [0.2, 0.25) is 5.91 Å². The first-order valence-electron chi connectivity index (χ1n) is 9.70. The number of carbonyl (C=O) groups excluding carboxylic acids is 2. The second-order valence-electron chi connectivity index (χ2n) is 7.97. The van der Waals surface area contributed by atoms with E-state index >= 15 is 0 Å². The molecule has 0 spiro atoms. The Morgan fingerprint density at radius 1 is 1.19 bits per heavy atom. The van der Waals surface area contributed by atoms with E-state index in [1.165, 1.54) is 17.0 Å². The van der Waals surface area contributed by atoms with E-state index in [9.17, 15) is 36.6 Å². The molecule has 31 heavy (non-hydrogen) atoms. The predicted octanol–water partition coefficient (Wildman–Crippen LogP) is 3.25. The lowest BCUT2D eigenvalue weighted by Crippen LogP contribution is -2.43. The molecule has 1 aromatic heterocycles. The van der Waals surface area contributed by atoms with E-state index in [2.05, 4.69) is 0 Å². The minimum atomic E-state index is -4.72. The molecule has 11 heteroatoms.